The second-order valence-electron chi connectivity index (χ2n) is 6.98. The molecule has 8 heteroatoms. The fourth-order valence-corrected chi connectivity index (χ4v) is 2.80. The molecule has 1 heterocycles. The van der Waals surface area contributed by atoms with Crippen LogP contribution in [0.4, 0.5) is 18.9 Å². The van der Waals surface area contributed by atoms with E-state index in [1.807, 2.05) is 0 Å². The fourth-order valence-electron chi connectivity index (χ4n) is 2.80. The van der Waals surface area contributed by atoms with Gasteiger partial charge in [0.05, 0.1) is 11.2 Å². The first-order valence-corrected chi connectivity index (χ1v) is 7.66. The number of hydrogen-bond donors (Lipinski definition) is 1. The van der Waals surface area contributed by atoms with Crippen LogP contribution in [0, 0.1) is 11.6 Å². The second-order valence-corrected chi connectivity index (χ2v) is 6.98. The summed E-state index contributed by atoms with van der Waals surface area (Å²) >= 11 is 0. The highest BCUT2D eigenvalue weighted by Gasteiger charge is 2.52. The van der Waals surface area contributed by atoms with Crippen molar-refractivity contribution in [2.45, 2.75) is 38.9 Å². The largest absolute Gasteiger partial charge is 0.495 e. The van der Waals surface area contributed by atoms with Gasteiger partial charge in [-0.1, -0.05) is 0 Å². The Morgan fingerprint density at radius 1 is 1.16 bits per heavy atom. The Labute approximate surface area is 147 Å². The van der Waals surface area contributed by atoms with E-state index in [0.29, 0.717) is 0 Å². The molecule has 1 aliphatic rings. The van der Waals surface area contributed by atoms with Crippen LogP contribution < -0.4 is 15.9 Å². The minimum absolute atomic E-state index is 0.0804. The summed E-state index contributed by atoms with van der Waals surface area (Å²) in [5.74, 6) is -3.76. The molecule has 0 unspecified atom stereocenters. The number of ether oxygens (including phenoxy) is 1. The van der Waals surface area contributed by atoms with Gasteiger partial charge in [-0.3, -0.25) is 0 Å². The van der Waals surface area contributed by atoms with E-state index in [1.165, 1.54) is 12.1 Å². The molecule has 1 aliphatic heterocycles. The van der Waals surface area contributed by atoms with Gasteiger partial charge in [0, 0.05) is 11.1 Å². The smallest absolute Gasteiger partial charge is 0.459 e. The summed E-state index contributed by atoms with van der Waals surface area (Å²) in [6, 6.07) is 3.63. The molecule has 4 nitrogen and oxygen atoms in total. The molecular weight excluding hydrogens is 334 g/mol. The summed E-state index contributed by atoms with van der Waals surface area (Å²) in [6.07, 6.45) is 0. The molecule has 2 N–H and O–H groups in total. The molecule has 0 bridgehead atoms. The van der Waals surface area contributed by atoms with Crippen LogP contribution in [0.5, 0.6) is 5.75 Å². The first-order chi connectivity index (χ1) is 12.2. The predicted octanol–water partition coefficient (Wildman–Crippen LogP) is 3.31. The second kappa shape index (κ2) is 5.81. The number of fused-ring (bicyclic) bond motifs is 1. The van der Waals surface area contributed by atoms with E-state index < -0.39 is 42.5 Å². The average Bonchev–Trinajstić information content (AvgIpc) is 2.70. The lowest BCUT2D eigenvalue weighted by Gasteiger charge is -2.32. The topological polar surface area (TPSA) is 53.7 Å². The molecule has 2 aromatic carbocycles. The monoisotopic (exact) mass is 355 g/mol. The van der Waals surface area contributed by atoms with E-state index in [2.05, 4.69) is 4.74 Å². The van der Waals surface area contributed by atoms with E-state index in [1.54, 1.807) is 27.7 Å². The van der Waals surface area contributed by atoms with Gasteiger partial charge in [0.15, 0.2) is 11.6 Å². The fraction of sp³-hybridized carbons (Fsp3) is 0.412. The Morgan fingerprint density at radius 2 is 1.76 bits per heavy atom. The Kier molecular flexibility index (Phi) is 3.57. The molecule has 0 aliphatic carbocycles. The van der Waals surface area contributed by atoms with Crippen LogP contribution in [0.1, 0.15) is 30.4 Å². The lowest BCUT2D eigenvalue weighted by molar-refractivity contribution is 0.00578. The molecule has 0 spiro atoms. The summed E-state index contributed by atoms with van der Waals surface area (Å²) in [5, 5.41) is 0.0148. The van der Waals surface area contributed by atoms with Crippen molar-refractivity contribution in [2.75, 3.05) is 12.5 Å². The van der Waals surface area contributed by atoms with Gasteiger partial charge in [0.2, 0.25) is 12.6 Å². The molecule has 0 radical (unpaired) electrons. The van der Waals surface area contributed by atoms with Crippen LogP contribution in [0.25, 0.3) is 10.8 Å². The number of rotatable bonds is 3. The van der Waals surface area contributed by atoms with E-state index in [9.17, 15) is 13.2 Å². The van der Waals surface area contributed by atoms with Gasteiger partial charge < -0.3 is 19.8 Å². The van der Waals surface area contributed by atoms with Gasteiger partial charge >= 0.3 is 7.12 Å². The Hall–Kier alpha value is -1.93. The minimum Gasteiger partial charge on any atom is -0.459 e. The van der Waals surface area contributed by atoms with E-state index >= 15 is 0 Å². The Balaban J connectivity index is 2.29. The molecule has 25 heavy (non-hydrogen) atoms. The maximum Gasteiger partial charge on any atom is 0.495 e. The first-order valence-electron chi connectivity index (χ1n) is 8.66. The molecule has 134 valence electrons. The number of anilines is 1. The standard InChI is InChI=1S/C17H19BF3NO3/c1-16(2)17(3,4)25-18(24-16)11-7-10(22)5-9-6-12(20)14(21)15(13(9)11)23-8-19/h5-7H,8,22H2,1-4H3/i8D2. The van der Waals surface area contributed by atoms with Crippen molar-refractivity contribution < 1.29 is 30.0 Å². The van der Waals surface area contributed by atoms with Crippen LogP contribution in [0.3, 0.4) is 0 Å². The van der Waals surface area contributed by atoms with Crippen molar-refractivity contribution in [2.24, 2.45) is 0 Å². The lowest BCUT2D eigenvalue weighted by Crippen LogP contribution is -2.41. The van der Waals surface area contributed by atoms with Crippen LogP contribution in [-0.4, -0.2) is 25.1 Å². The molecule has 0 amide bonds. The highest BCUT2D eigenvalue weighted by atomic mass is 19.2. The van der Waals surface area contributed by atoms with Crippen molar-refractivity contribution in [3.05, 3.63) is 29.8 Å². The van der Waals surface area contributed by atoms with Gasteiger partial charge in [-0.05, 0) is 56.7 Å². The lowest BCUT2D eigenvalue weighted by atomic mass is 9.75. The quantitative estimate of drug-likeness (QED) is 0.678. The first kappa shape index (κ1) is 15.3. The Bertz CT molecular complexity index is 903. The maximum atomic E-state index is 14.4. The van der Waals surface area contributed by atoms with Crippen molar-refractivity contribution in [1.82, 2.24) is 0 Å². The highest BCUT2D eigenvalue weighted by molar-refractivity contribution is 6.65. The number of hydrogen-bond acceptors (Lipinski definition) is 4. The Morgan fingerprint density at radius 3 is 2.32 bits per heavy atom. The highest BCUT2D eigenvalue weighted by Crippen LogP contribution is 2.39. The van der Waals surface area contributed by atoms with E-state index in [0.717, 1.165) is 6.07 Å². The molecule has 0 saturated carbocycles. The summed E-state index contributed by atoms with van der Waals surface area (Å²) < 4.78 is 72.1. The molecular formula is C17H19BF3NO3. The number of halogens is 3. The van der Waals surface area contributed by atoms with Crippen molar-refractivity contribution in [3.8, 4) is 5.75 Å². The summed E-state index contributed by atoms with van der Waals surface area (Å²) in [6.45, 7) is 3.49. The van der Waals surface area contributed by atoms with E-state index in [4.69, 9.17) is 17.8 Å². The van der Waals surface area contributed by atoms with Crippen LogP contribution in [0.2, 0.25) is 0 Å². The summed E-state index contributed by atoms with van der Waals surface area (Å²) in [4.78, 5) is 0. The van der Waals surface area contributed by atoms with Gasteiger partial charge in [0.25, 0.3) is 0 Å². The third kappa shape index (κ3) is 2.83. The average molecular weight is 355 g/mol. The van der Waals surface area contributed by atoms with Crippen LogP contribution in [-0.2, 0) is 9.31 Å². The van der Waals surface area contributed by atoms with Crippen LogP contribution >= 0.6 is 0 Å². The maximum absolute atomic E-state index is 14.4. The minimum atomic E-state index is -3.73. The summed E-state index contributed by atoms with van der Waals surface area (Å²) in [7, 11) is -1.03. The molecule has 3 rings (SSSR count). The van der Waals surface area contributed by atoms with Gasteiger partial charge in [-0.2, -0.15) is 4.39 Å². The zero-order chi connectivity index (χ0) is 20.4. The molecule has 0 atom stereocenters. The van der Waals surface area contributed by atoms with Gasteiger partial charge in [-0.15, -0.1) is 0 Å². The molecule has 1 fully saturated rings. The number of nitrogen functional groups attached to an aromatic ring is 1. The molecule has 2 aromatic rings. The third-order valence-corrected chi connectivity index (χ3v) is 4.79. The van der Waals surface area contributed by atoms with Gasteiger partial charge in [0.1, 0.15) is 2.74 Å². The normalized spacial score (nSPS) is 20.5. The molecule has 0 aromatic heterocycles. The zero-order valence-corrected chi connectivity index (χ0v) is 14.2. The van der Waals surface area contributed by atoms with Gasteiger partial charge in [-0.25, -0.2) is 8.78 Å². The van der Waals surface area contributed by atoms with Crippen molar-refractivity contribution in [3.63, 3.8) is 0 Å². The predicted molar refractivity (Wildman–Crippen MR) is 90.6 cm³/mol. The van der Waals surface area contributed by atoms with Crippen molar-refractivity contribution >= 4 is 29.0 Å². The SMILES string of the molecule is [2H]C([2H])(F)Oc1c(F)c(F)cc2cc(N)cc(B3OC(C)(C)C(C)(C)O3)c12. The van der Waals surface area contributed by atoms with Crippen molar-refractivity contribution in [1.29, 1.82) is 0 Å². The third-order valence-electron chi connectivity index (χ3n) is 4.79. The number of nitrogens with two attached hydrogens (primary N) is 1. The summed E-state index contributed by atoms with van der Waals surface area (Å²) in [5.41, 5.74) is 4.81. The van der Waals surface area contributed by atoms with Crippen LogP contribution in [0.15, 0.2) is 18.2 Å². The zero-order valence-electron chi connectivity index (χ0n) is 16.2. The number of benzene rings is 2. The van der Waals surface area contributed by atoms with E-state index in [-0.39, 0.29) is 21.9 Å². The number of alkyl halides is 1. The molecule has 1 saturated heterocycles.